The number of hydrogen-bond donors (Lipinski definition) is 1. The highest BCUT2D eigenvalue weighted by Gasteiger charge is 2.29. The molecule has 3 heteroatoms. The highest BCUT2D eigenvalue weighted by molar-refractivity contribution is 7.09. The molecule has 2 nitrogen and oxygen atoms in total. The normalized spacial score (nSPS) is 17.6. The van der Waals surface area contributed by atoms with E-state index in [1.807, 2.05) is 6.20 Å². The van der Waals surface area contributed by atoms with Crippen molar-refractivity contribution in [2.45, 2.75) is 51.5 Å². The number of aromatic nitrogens is 1. The number of nitrogens with one attached hydrogen (secondary N) is 1. The van der Waals surface area contributed by atoms with E-state index in [1.54, 1.807) is 11.3 Å². The summed E-state index contributed by atoms with van der Waals surface area (Å²) in [4.78, 5) is 4.30. The molecule has 1 atom stereocenters. The fourth-order valence-corrected chi connectivity index (χ4v) is 2.87. The minimum atomic E-state index is 0.792. The smallest absolute Gasteiger partial charge is 0.0924 e. The molecule has 1 aliphatic carbocycles. The fourth-order valence-electron chi connectivity index (χ4n) is 2.21. The molecule has 0 amide bonds. The van der Waals surface area contributed by atoms with Crippen LogP contribution in [0.25, 0.3) is 0 Å². The standard InChI is InChI=1S/C13H22N2S/c1-2-12(11-6-7-11)14-8-4-3-5-13-15-9-10-16-13/h9-12,14H,2-8H2,1H3. The molecule has 16 heavy (non-hydrogen) atoms. The van der Waals surface area contributed by atoms with E-state index in [9.17, 15) is 0 Å². The zero-order valence-electron chi connectivity index (χ0n) is 10.1. The third-order valence-electron chi connectivity index (χ3n) is 3.34. The van der Waals surface area contributed by atoms with Crippen LogP contribution < -0.4 is 5.32 Å². The molecule has 0 aromatic carbocycles. The van der Waals surface area contributed by atoms with Gasteiger partial charge in [-0.1, -0.05) is 6.92 Å². The first-order valence-electron chi connectivity index (χ1n) is 6.52. The maximum atomic E-state index is 4.30. The van der Waals surface area contributed by atoms with Crippen molar-refractivity contribution < 1.29 is 0 Å². The lowest BCUT2D eigenvalue weighted by molar-refractivity contribution is 0.442. The highest BCUT2D eigenvalue weighted by atomic mass is 32.1. The lowest BCUT2D eigenvalue weighted by Crippen LogP contribution is -2.31. The van der Waals surface area contributed by atoms with Gasteiger partial charge in [0.25, 0.3) is 0 Å². The van der Waals surface area contributed by atoms with Crippen molar-refractivity contribution in [1.29, 1.82) is 0 Å². The van der Waals surface area contributed by atoms with E-state index in [0.717, 1.165) is 18.4 Å². The number of rotatable bonds is 8. The second-order valence-corrected chi connectivity index (χ2v) is 5.67. The Bertz CT molecular complexity index is 280. The lowest BCUT2D eigenvalue weighted by Gasteiger charge is -2.15. The summed E-state index contributed by atoms with van der Waals surface area (Å²) in [6.07, 6.45) is 9.79. The van der Waals surface area contributed by atoms with Gasteiger partial charge < -0.3 is 5.32 Å². The van der Waals surface area contributed by atoms with Gasteiger partial charge in [-0.15, -0.1) is 11.3 Å². The van der Waals surface area contributed by atoms with Crippen molar-refractivity contribution in [3.05, 3.63) is 16.6 Å². The SMILES string of the molecule is CCC(NCCCCc1nccs1)C1CC1. The second-order valence-electron chi connectivity index (χ2n) is 4.69. The molecule has 2 rings (SSSR count). The van der Waals surface area contributed by atoms with Crippen molar-refractivity contribution in [3.8, 4) is 0 Å². The summed E-state index contributed by atoms with van der Waals surface area (Å²) >= 11 is 1.78. The largest absolute Gasteiger partial charge is 0.314 e. The Kier molecular flexibility index (Phi) is 4.79. The first-order chi connectivity index (χ1) is 7.90. The lowest BCUT2D eigenvalue weighted by atomic mass is 10.1. The predicted octanol–water partition coefficient (Wildman–Crippen LogP) is 3.24. The van der Waals surface area contributed by atoms with Crippen LogP contribution >= 0.6 is 11.3 Å². The monoisotopic (exact) mass is 238 g/mol. The summed E-state index contributed by atoms with van der Waals surface area (Å²) in [5, 5.41) is 7.04. The number of hydrogen-bond acceptors (Lipinski definition) is 3. The van der Waals surface area contributed by atoms with Gasteiger partial charge in [0.1, 0.15) is 0 Å². The van der Waals surface area contributed by atoms with Gasteiger partial charge in [0.2, 0.25) is 0 Å². The van der Waals surface area contributed by atoms with Crippen molar-refractivity contribution in [2.75, 3.05) is 6.54 Å². The molecule has 1 saturated carbocycles. The molecule has 0 radical (unpaired) electrons. The number of nitrogens with zero attached hydrogens (tertiary/aromatic N) is 1. The second kappa shape index (κ2) is 6.36. The predicted molar refractivity (Wildman–Crippen MR) is 69.9 cm³/mol. The van der Waals surface area contributed by atoms with Crippen LogP contribution in [0.4, 0.5) is 0 Å². The Labute approximate surface area is 102 Å². The van der Waals surface area contributed by atoms with Crippen LogP contribution in [0.3, 0.4) is 0 Å². The molecule has 0 bridgehead atoms. The topological polar surface area (TPSA) is 24.9 Å². The van der Waals surface area contributed by atoms with Crippen LogP contribution in [0.1, 0.15) is 44.0 Å². The third kappa shape index (κ3) is 3.87. The van der Waals surface area contributed by atoms with Crippen molar-refractivity contribution in [1.82, 2.24) is 10.3 Å². The van der Waals surface area contributed by atoms with Gasteiger partial charge in [-0.25, -0.2) is 4.98 Å². The minimum Gasteiger partial charge on any atom is -0.314 e. The zero-order valence-corrected chi connectivity index (χ0v) is 10.9. The van der Waals surface area contributed by atoms with Gasteiger partial charge in [-0.3, -0.25) is 0 Å². The van der Waals surface area contributed by atoms with E-state index in [2.05, 4.69) is 22.6 Å². The Balaban J connectivity index is 1.51. The van der Waals surface area contributed by atoms with Crippen LogP contribution in [0.5, 0.6) is 0 Å². The maximum absolute atomic E-state index is 4.30. The third-order valence-corrected chi connectivity index (χ3v) is 4.18. The molecule has 1 aliphatic rings. The summed E-state index contributed by atoms with van der Waals surface area (Å²) in [7, 11) is 0. The molecular weight excluding hydrogens is 216 g/mol. The Morgan fingerprint density at radius 2 is 2.38 bits per heavy atom. The molecule has 0 aliphatic heterocycles. The number of aryl methyl sites for hydroxylation is 1. The zero-order chi connectivity index (χ0) is 11.2. The van der Waals surface area contributed by atoms with Crippen LogP contribution in [0, 0.1) is 5.92 Å². The summed E-state index contributed by atoms with van der Waals surface area (Å²) in [5.74, 6) is 0.990. The molecule has 1 heterocycles. The van der Waals surface area contributed by atoms with E-state index in [4.69, 9.17) is 0 Å². The molecule has 90 valence electrons. The molecule has 1 unspecified atom stereocenters. The molecule has 1 aromatic rings. The minimum absolute atomic E-state index is 0.792. The van der Waals surface area contributed by atoms with Crippen LogP contribution in [-0.4, -0.2) is 17.6 Å². The van der Waals surface area contributed by atoms with E-state index in [1.165, 1.54) is 43.7 Å². The van der Waals surface area contributed by atoms with Gasteiger partial charge in [-0.2, -0.15) is 0 Å². The highest BCUT2D eigenvalue weighted by Crippen LogP contribution is 2.33. The first kappa shape index (κ1) is 12.1. The summed E-state index contributed by atoms with van der Waals surface area (Å²) in [6, 6.07) is 0.792. The Morgan fingerprint density at radius 1 is 1.50 bits per heavy atom. The fraction of sp³-hybridized carbons (Fsp3) is 0.769. The maximum Gasteiger partial charge on any atom is 0.0924 e. The quantitative estimate of drug-likeness (QED) is 0.703. The van der Waals surface area contributed by atoms with E-state index < -0.39 is 0 Å². The average molecular weight is 238 g/mol. The summed E-state index contributed by atoms with van der Waals surface area (Å²) < 4.78 is 0. The van der Waals surface area contributed by atoms with Crippen molar-refractivity contribution in [2.24, 2.45) is 5.92 Å². The van der Waals surface area contributed by atoms with E-state index in [0.29, 0.717) is 0 Å². The average Bonchev–Trinajstić information content (AvgIpc) is 3.01. The van der Waals surface area contributed by atoms with Crippen molar-refractivity contribution in [3.63, 3.8) is 0 Å². The van der Waals surface area contributed by atoms with E-state index in [-0.39, 0.29) is 0 Å². The van der Waals surface area contributed by atoms with Gasteiger partial charge in [0.05, 0.1) is 5.01 Å². The van der Waals surface area contributed by atoms with Crippen LogP contribution in [0.15, 0.2) is 11.6 Å². The molecule has 1 N–H and O–H groups in total. The summed E-state index contributed by atoms with van der Waals surface area (Å²) in [5.41, 5.74) is 0. The number of thiazole rings is 1. The molecule has 0 saturated heterocycles. The van der Waals surface area contributed by atoms with Gasteiger partial charge in [-0.05, 0) is 51.0 Å². The Morgan fingerprint density at radius 3 is 3.00 bits per heavy atom. The van der Waals surface area contributed by atoms with Gasteiger partial charge in [0, 0.05) is 17.6 Å². The van der Waals surface area contributed by atoms with E-state index >= 15 is 0 Å². The molecule has 0 spiro atoms. The van der Waals surface area contributed by atoms with Crippen LogP contribution in [0.2, 0.25) is 0 Å². The van der Waals surface area contributed by atoms with Crippen LogP contribution in [-0.2, 0) is 6.42 Å². The molecule has 1 fully saturated rings. The van der Waals surface area contributed by atoms with Crippen molar-refractivity contribution >= 4 is 11.3 Å². The molecule has 1 aromatic heterocycles. The molecular formula is C13H22N2S. The first-order valence-corrected chi connectivity index (χ1v) is 7.40. The van der Waals surface area contributed by atoms with Gasteiger partial charge in [0.15, 0.2) is 0 Å². The Hall–Kier alpha value is -0.410. The number of unbranched alkanes of at least 4 members (excludes halogenated alkanes) is 1. The summed E-state index contributed by atoms with van der Waals surface area (Å²) in [6.45, 7) is 3.48. The van der Waals surface area contributed by atoms with Gasteiger partial charge >= 0.3 is 0 Å².